The quantitative estimate of drug-likeness (QED) is 0.396. The Morgan fingerprint density at radius 2 is 1.09 bits per heavy atom. The molecule has 2 N–H and O–H groups in total. The highest BCUT2D eigenvalue weighted by molar-refractivity contribution is 5.96. The van der Waals surface area contributed by atoms with Crippen LogP contribution in [0.25, 0.3) is 0 Å². The Labute approximate surface area is 198 Å². The summed E-state index contributed by atoms with van der Waals surface area (Å²) in [7, 11) is 3.16. The van der Waals surface area contributed by atoms with E-state index in [1.807, 2.05) is 24.3 Å². The molecule has 34 heavy (non-hydrogen) atoms. The van der Waals surface area contributed by atoms with Gasteiger partial charge < -0.3 is 29.6 Å². The number of methoxy groups -OCH3 is 2. The molecule has 1 aromatic heterocycles. The second kappa shape index (κ2) is 12.7. The fourth-order valence-corrected chi connectivity index (χ4v) is 2.92. The normalized spacial score (nSPS) is 10.2. The number of nitrogens with zero attached hydrogens (tertiary/aromatic N) is 1. The lowest BCUT2D eigenvalue weighted by Gasteiger charge is -2.10. The van der Waals surface area contributed by atoms with Crippen LogP contribution in [0.4, 0.5) is 0 Å². The molecule has 2 aromatic carbocycles. The summed E-state index contributed by atoms with van der Waals surface area (Å²) >= 11 is 0. The zero-order valence-electron chi connectivity index (χ0n) is 19.1. The molecule has 0 aliphatic rings. The van der Waals surface area contributed by atoms with Crippen LogP contribution in [0.15, 0.2) is 66.7 Å². The molecule has 1 heterocycles. The van der Waals surface area contributed by atoms with E-state index in [0.29, 0.717) is 23.0 Å². The first-order valence-electron chi connectivity index (χ1n) is 10.7. The van der Waals surface area contributed by atoms with Crippen LogP contribution in [-0.4, -0.2) is 57.3 Å². The highest BCUT2D eigenvalue weighted by Crippen LogP contribution is 2.19. The van der Waals surface area contributed by atoms with E-state index in [4.69, 9.17) is 18.9 Å². The van der Waals surface area contributed by atoms with Gasteiger partial charge in [-0.3, -0.25) is 9.59 Å². The predicted octanol–water partition coefficient (Wildman–Crippen LogP) is 2.72. The Hall–Kier alpha value is -4.27. The van der Waals surface area contributed by atoms with Crippen molar-refractivity contribution in [2.24, 2.45) is 0 Å². The van der Waals surface area contributed by atoms with Crippen LogP contribution in [0.2, 0.25) is 0 Å². The van der Waals surface area contributed by atoms with Crippen LogP contribution in [0.3, 0.4) is 0 Å². The van der Waals surface area contributed by atoms with Gasteiger partial charge >= 0.3 is 0 Å². The lowest BCUT2D eigenvalue weighted by atomic mass is 10.2. The number of rotatable bonds is 12. The molecule has 0 atom stereocenters. The monoisotopic (exact) mass is 465 g/mol. The largest absolute Gasteiger partial charge is 0.497 e. The number of carbonyl (C=O) groups excluding carboxylic acids is 2. The molecule has 0 aliphatic heterocycles. The lowest BCUT2D eigenvalue weighted by molar-refractivity contribution is 0.0937. The molecule has 9 heteroatoms. The number of carbonyl (C=O) groups is 2. The minimum absolute atomic E-state index is 0.140. The summed E-state index contributed by atoms with van der Waals surface area (Å²) < 4.78 is 21.5. The van der Waals surface area contributed by atoms with Crippen molar-refractivity contribution < 1.29 is 28.5 Å². The third kappa shape index (κ3) is 7.40. The Morgan fingerprint density at radius 1 is 0.676 bits per heavy atom. The smallest absolute Gasteiger partial charge is 0.270 e. The van der Waals surface area contributed by atoms with Crippen LogP contribution >= 0.6 is 0 Å². The molecule has 0 saturated carbocycles. The molecule has 0 fully saturated rings. The van der Waals surface area contributed by atoms with Gasteiger partial charge in [0.05, 0.1) is 27.3 Å². The molecule has 178 valence electrons. The second-order valence-electron chi connectivity index (χ2n) is 6.97. The fourth-order valence-electron chi connectivity index (χ4n) is 2.92. The average Bonchev–Trinajstić information content (AvgIpc) is 2.89. The van der Waals surface area contributed by atoms with E-state index in [1.54, 1.807) is 56.7 Å². The van der Waals surface area contributed by atoms with Crippen LogP contribution < -0.4 is 29.6 Å². The number of benzene rings is 2. The van der Waals surface area contributed by atoms with Gasteiger partial charge in [0.2, 0.25) is 0 Å². The molecule has 0 unspecified atom stereocenters. The van der Waals surface area contributed by atoms with Crippen LogP contribution in [0.5, 0.6) is 23.0 Å². The molecule has 0 saturated heterocycles. The van der Waals surface area contributed by atoms with Crippen LogP contribution in [-0.2, 0) is 0 Å². The Kier molecular flexibility index (Phi) is 9.09. The molecular formula is C25H27N3O6. The number of hydrogen-bond acceptors (Lipinski definition) is 7. The van der Waals surface area contributed by atoms with Crippen molar-refractivity contribution in [3.63, 3.8) is 0 Å². The molecule has 0 bridgehead atoms. The Balaban J connectivity index is 1.41. The van der Waals surface area contributed by atoms with Gasteiger partial charge in [0.15, 0.2) is 0 Å². The molecule has 0 aliphatic carbocycles. The average molecular weight is 466 g/mol. The summed E-state index contributed by atoms with van der Waals surface area (Å²) in [5.41, 5.74) is 0.281. The molecule has 3 rings (SSSR count). The van der Waals surface area contributed by atoms with Gasteiger partial charge in [-0.05, 0) is 36.4 Å². The first-order valence-corrected chi connectivity index (χ1v) is 10.7. The van der Waals surface area contributed by atoms with Gasteiger partial charge in [-0.15, -0.1) is 0 Å². The zero-order chi connectivity index (χ0) is 24.2. The van der Waals surface area contributed by atoms with Crippen LogP contribution in [0, 0.1) is 0 Å². The zero-order valence-corrected chi connectivity index (χ0v) is 19.1. The minimum atomic E-state index is -0.398. The number of hydrogen-bond donors (Lipinski definition) is 2. The minimum Gasteiger partial charge on any atom is -0.497 e. The van der Waals surface area contributed by atoms with Crippen molar-refractivity contribution in [3.05, 3.63) is 78.1 Å². The van der Waals surface area contributed by atoms with E-state index in [2.05, 4.69) is 15.6 Å². The van der Waals surface area contributed by atoms with E-state index in [1.165, 1.54) is 0 Å². The molecular weight excluding hydrogens is 438 g/mol. The van der Waals surface area contributed by atoms with Gasteiger partial charge in [0.1, 0.15) is 47.6 Å². The van der Waals surface area contributed by atoms with Gasteiger partial charge in [0, 0.05) is 12.1 Å². The summed E-state index contributed by atoms with van der Waals surface area (Å²) in [5.74, 6) is 1.86. The van der Waals surface area contributed by atoms with Gasteiger partial charge in [-0.1, -0.05) is 18.2 Å². The third-order valence-electron chi connectivity index (χ3n) is 4.61. The maximum Gasteiger partial charge on any atom is 0.270 e. The first kappa shape index (κ1) is 24.4. The molecule has 2 amide bonds. The number of pyridine rings is 1. The number of aromatic nitrogens is 1. The highest BCUT2D eigenvalue weighted by atomic mass is 16.5. The maximum absolute atomic E-state index is 12.4. The Morgan fingerprint density at radius 3 is 1.53 bits per heavy atom. The molecule has 0 spiro atoms. The van der Waals surface area contributed by atoms with Gasteiger partial charge in [-0.25, -0.2) is 4.98 Å². The number of nitrogens with one attached hydrogen (secondary N) is 2. The number of amides is 2. The van der Waals surface area contributed by atoms with E-state index >= 15 is 0 Å². The van der Waals surface area contributed by atoms with E-state index < -0.39 is 11.8 Å². The van der Waals surface area contributed by atoms with Crippen LogP contribution in [0.1, 0.15) is 21.0 Å². The van der Waals surface area contributed by atoms with E-state index in [-0.39, 0.29) is 37.7 Å². The lowest BCUT2D eigenvalue weighted by Crippen LogP contribution is -2.31. The standard InChI is InChI=1S/C25H27N3O6/c1-31-18-6-3-8-20(16-18)33-14-12-26-24(29)22-10-5-11-23(28-22)25(30)27-13-15-34-21-9-4-7-19(17-21)32-2/h3-11,16-17H,12-15H2,1-2H3,(H,26,29)(H,27,30). The first-order chi connectivity index (χ1) is 16.6. The van der Waals surface area contributed by atoms with Gasteiger partial charge in [-0.2, -0.15) is 0 Å². The van der Waals surface area contributed by atoms with Crippen molar-refractivity contribution >= 4 is 11.8 Å². The fraction of sp³-hybridized carbons (Fsp3) is 0.240. The highest BCUT2D eigenvalue weighted by Gasteiger charge is 2.12. The number of ether oxygens (including phenoxy) is 4. The van der Waals surface area contributed by atoms with Crippen molar-refractivity contribution in [3.8, 4) is 23.0 Å². The summed E-state index contributed by atoms with van der Waals surface area (Å²) in [6.07, 6.45) is 0. The molecule has 9 nitrogen and oxygen atoms in total. The van der Waals surface area contributed by atoms with E-state index in [0.717, 1.165) is 0 Å². The van der Waals surface area contributed by atoms with Gasteiger partial charge in [0.25, 0.3) is 11.8 Å². The van der Waals surface area contributed by atoms with Crippen molar-refractivity contribution in [1.29, 1.82) is 0 Å². The summed E-state index contributed by atoms with van der Waals surface area (Å²) in [4.78, 5) is 28.9. The van der Waals surface area contributed by atoms with Crippen molar-refractivity contribution in [2.75, 3.05) is 40.5 Å². The molecule has 0 radical (unpaired) electrons. The maximum atomic E-state index is 12.4. The third-order valence-corrected chi connectivity index (χ3v) is 4.61. The SMILES string of the molecule is COc1cccc(OCCNC(=O)c2cccc(C(=O)NCCOc3cccc(OC)c3)n2)c1. The topological polar surface area (TPSA) is 108 Å². The predicted molar refractivity (Wildman–Crippen MR) is 126 cm³/mol. The summed E-state index contributed by atoms with van der Waals surface area (Å²) in [6.45, 7) is 1.09. The van der Waals surface area contributed by atoms with Crippen molar-refractivity contribution in [2.45, 2.75) is 0 Å². The van der Waals surface area contributed by atoms with E-state index in [9.17, 15) is 9.59 Å². The summed E-state index contributed by atoms with van der Waals surface area (Å²) in [6, 6.07) is 19.1. The Bertz CT molecular complexity index is 1020. The molecule has 3 aromatic rings. The summed E-state index contributed by atoms with van der Waals surface area (Å²) in [5, 5.41) is 5.45. The van der Waals surface area contributed by atoms with Crippen molar-refractivity contribution in [1.82, 2.24) is 15.6 Å². The second-order valence-corrected chi connectivity index (χ2v) is 6.97.